The quantitative estimate of drug-likeness (QED) is 0.228. The first-order valence-corrected chi connectivity index (χ1v) is 14.5. The van der Waals surface area contributed by atoms with Crippen molar-refractivity contribution in [3.8, 4) is 0 Å². The summed E-state index contributed by atoms with van der Waals surface area (Å²) in [4.78, 5) is 12.6. The van der Waals surface area contributed by atoms with Crippen molar-refractivity contribution in [2.24, 2.45) is 0 Å². The van der Waals surface area contributed by atoms with Crippen LogP contribution in [0.15, 0.2) is 108 Å². The van der Waals surface area contributed by atoms with Crippen molar-refractivity contribution in [1.29, 1.82) is 0 Å². The van der Waals surface area contributed by atoms with Crippen LogP contribution in [0, 0.1) is 0 Å². The van der Waals surface area contributed by atoms with Gasteiger partial charge in [-0.1, -0.05) is 73.1 Å². The number of carbonyl (C=O) groups is 1. The van der Waals surface area contributed by atoms with Gasteiger partial charge < -0.3 is 5.32 Å². The molecule has 1 amide bonds. The Kier molecular flexibility index (Phi) is 8.21. The molecule has 0 spiro atoms. The van der Waals surface area contributed by atoms with Crippen molar-refractivity contribution in [2.75, 3.05) is 5.32 Å². The van der Waals surface area contributed by atoms with Crippen molar-refractivity contribution < 1.29 is 4.79 Å². The number of nitrogens with one attached hydrogen (secondary N) is 1. The summed E-state index contributed by atoms with van der Waals surface area (Å²) < 4.78 is 0.824. The van der Waals surface area contributed by atoms with Gasteiger partial charge >= 0.3 is 0 Å². The van der Waals surface area contributed by atoms with Crippen molar-refractivity contribution in [3.05, 3.63) is 118 Å². The molecule has 0 radical (unpaired) electrons. The molecule has 0 aliphatic heterocycles. The van der Waals surface area contributed by atoms with E-state index in [1.165, 1.54) is 15.9 Å². The molecular weight excluding hydrogens is 525 g/mol. The highest BCUT2D eigenvalue weighted by atomic mass is 79.9. The van der Waals surface area contributed by atoms with Gasteiger partial charge in [0.2, 0.25) is 5.91 Å². The second kappa shape index (κ2) is 11.3. The number of hydrogen-bond acceptors (Lipinski definition) is 1. The summed E-state index contributed by atoms with van der Waals surface area (Å²) in [6.45, 7) is 2.01. The zero-order valence-corrected chi connectivity index (χ0v) is 22.3. The zero-order chi connectivity index (χ0) is 24.0. The molecule has 0 aromatic heterocycles. The first-order valence-electron chi connectivity index (χ1n) is 11.4. The molecule has 2 nitrogen and oxygen atoms in total. The molecule has 0 heterocycles. The molecule has 0 bridgehead atoms. The highest BCUT2D eigenvalue weighted by Crippen LogP contribution is 2.59. The van der Waals surface area contributed by atoms with Gasteiger partial charge in [-0.15, -0.1) is 0 Å². The minimum atomic E-state index is -2.11. The Morgan fingerprint density at radius 2 is 1.29 bits per heavy atom. The van der Waals surface area contributed by atoms with E-state index in [1.807, 2.05) is 13.0 Å². The molecule has 0 saturated heterocycles. The number of carbonyl (C=O) groups excluding carboxylic acids is 1. The van der Waals surface area contributed by atoms with E-state index in [1.54, 1.807) is 0 Å². The predicted octanol–water partition coefficient (Wildman–Crippen LogP) is 7.34. The number of amides is 1. The highest BCUT2D eigenvalue weighted by molar-refractivity contribution is 9.10. The molecule has 0 saturated carbocycles. The molecular formula is C29H27BrClNOP+. The minimum Gasteiger partial charge on any atom is -0.326 e. The van der Waals surface area contributed by atoms with Gasteiger partial charge in [-0.3, -0.25) is 4.79 Å². The predicted molar refractivity (Wildman–Crippen MR) is 152 cm³/mol. The summed E-state index contributed by atoms with van der Waals surface area (Å²) in [5.41, 5.74) is 1.84. The third-order valence-electron chi connectivity index (χ3n) is 5.90. The monoisotopic (exact) mass is 550 g/mol. The summed E-state index contributed by atoms with van der Waals surface area (Å²) in [7, 11) is -2.11. The maximum Gasteiger partial charge on any atom is 0.224 e. The number of rotatable bonds is 8. The Bertz CT molecular complexity index is 1150. The molecule has 4 aromatic rings. The number of hydrogen-bond donors (Lipinski definition) is 1. The summed E-state index contributed by atoms with van der Waals surface area (Å²) in [6.07, 6.45) is 2.02. The summed E-state index contributed by atoms with van der Waals surface area (Å²) in [5, 5.41) is 7.60. The van der Waals surface area contributed by atoms with Crippen molar-refractivity contribution in [2.45, 2.75) is 25.9 Å². The lowest BCUT2D eigenvalue weighted by molar-refractivity contribution is -0.116. The first-order chi connectivity index (χ1) is 16.5. The number of anilines is 1. The first kappa shape index (κ1) is 24.7. The minimum absolute atomic E-state index is 0.00482. The Morgan fingerprint density at radius 3 is 1.74 bits per heavy atom. The second-order valence-electron chi connectivity index (χ2n) is 8.20. The van der Waals surface area contributed by atoms with Crippen LogP contribution in [0.3, 0.4) is 0 Å². The van der Waals surface area contributed by atoms with Crippen molar-refractivity contribution in [1.82, 2.24) is 0 Å². The smallest absolute Gasteiger partial charge is 0.224 e. The fourth-order valence-electron chi connectivity index (χ4n) is 4.30. The Morgan fingerprint density at radius 1 is 0.824 bits per heavy atom. The average molecular weight is 552 g/mol. The lowest BCUT2D eigenvalue weighted by Crippen LogP contribution is -2.32. The molecule has 4 aromatic carbocycles. The molecule has 0 fully saturated rings. The Labute approximate surface area is 215 Å². The Hall–Kier alpha value is -2.45. The van der Waals surface area contributed by atoms with Gasteiger partial charge in [0.25, 0.3) is 0 Å². The number of benzene rings is 4. The summed E-state index contributed by atoms with van der Waals surface area (Å²) >= 11 is 10.1. The van der Waals surface area contributed by atoms with Crippen LogP contribution in [0.1, 0.15) is 25.3 Å². The van der Waals surface area contributed by atoms with Gasteiger partial charge in [0.15, 0.2) is 0 Å². The van der Waals surface area contributed by atoms with Crippen LogP contribution in [0.2, 0.25) is 5.02 Å². The second-order valence-corrected chi connectivity index (χ2v) is 12.9. The summed E-state index contributed by atoms with van der Waals surface area (Å²) in [6, 6.07) is 36.1. The van der Waals surface area contributed by atoms with Crippen LogP contribution in [-0.4, -0.2) is 5.91 Å². The van der Waals surface area contributed by atoms with E-state index in [0.29, 0.717) is 11.4 Å². The molecule has 0 aliphatic carbocycles. The number of halogens is 2. The molecule has 1 N–H and O–H groups in total. The van der Waals surface area contributed by atoms with Gasteiger partial charge in [-0.25, -0.2) is 0 Å². The van der Waals surface area contributed by atoms with Crippen molar-refractivity contribution in [3.63, 3.8) is 0 Å². The fraction of sp³-hybridized carbons (Fsp3) is 0.138. The largest absolute Gasteiger partial charge is 0.326 e. The zero-order valence-electron chi connectivity index (χ0n) is 19.0. The lowest BCUT2D eigenvalue weighted by atomic mass is 10.2. The van der Waals surface area contributed by atoms with Crippen LogP contribution in [-0.2, 0) is 11.0 Å². The highest BCUT2D eigenvalue weighted by Gasteiger charge is 2.46. The maximum atomic E-state index is 12.6. The molecule has 0 aliphatic rings. The van der Waals surface area contributed by atoms with E-state index < -0.39 is 7.26 Å². The van der Waals surface area contributed by atoms with E-state index in [4.69, 9.17) is 11.6 Å². The van der Waals surface area contributed by atoms with Gasteiger partial charge in [0.05, 0.1) is 5.02 Å². The van der Waals surface area contributed by atoms with Crippen LogP contribution in [0.25, 0.3) is 0 Å². The molecule has 0 atom stereocenters. The molecule has 172 valence electrons. The average Bonchev–Trinajstić information content (AvgIpc) is 2.87. The fourth-order valence-corrected chi connectivity index (χ4v) is 9.11. The van der Waals surface area contributed by atoms with Gasteiger partial charge in [0, 0.05) is 22.1 Å². The van der Waals surface area contributed by atoms with Crippen molar-refractivity contribution >= 4 is 62.3 Å². The topological polar surface area (TPSA) is 29.1 Å². The van der Waals surface area contributed by atoms with Crippen LogP contribution >= 0.6 is 34.8 Å². The normalized spacial score (nSPS) is 11.3. The maximum absolute atomic E-state index is 12.6. The van der Waals surface area contributed by atoms with E-state index in [0.717, 1.165) is 28.3 Å². The molecule has 0 unspecified atom stereocenters. The van der Waals surface area contributed by atoms with Gasteiger partial charge in [-0.2, -0.15) is 0 Å². The van der Waals surface area contributed by atoms with Crippen LogP contribution < -0.4 is 21.2 Å². The SMILES string of the molecule is CCCC(=O)Nc1cc(Cl)c(Br)cc1C[P+](c1ccccc1)(c1ccccc1)c1ccccc1. The third-order valence-corrected chi connectivity index (χ3v) is 11.4. The van der Waals surface area contributed by atoms with E-state index in [2.05, 4.69) is 118 Å². The van der Waals surface area contributed by atoms with Gasteiger partial charge in [-0.05, 0) is 70.9 Å². The molecule has 34 heavy (non-hydrogen) atoms. The van der Waals surface area contributed by atoms with Crippen LogP contribution in [0.5, 0.6) is 0 Å². The van der Waals surface area contributed by atoms with Crippen LogP contribution in [0.4, 0.5) is 5.69 Å². The van der Waals surface area contributed by atoms with Gasteiger partial charge in [0.1, 0.15) is 29.3 Å². The van der Waals surface area contributed by atoms with E-state index in [-0.39, 0.29) is 5.91 Å². The lowest BCUT2D eigenvalue weighted by Gasteiger charge is -2.28. The van der Waals surface area contributed by atoms with E-state index in [9.17, 15) is 4.79 Å². The van der Waals surface area contributed by atoms with E-state index >= 15 is 0 Å². The third kappa shape index (κ3) is 5.28. The summed E-state index contributed by atoms with van der Waals surface area (Å²) in [5.74, 6) is 0.00482. The molecule has 4 rings (SSSR count). The molecule has 5 heteroatoms. The standard InChI is InChI=1S/C29H26BrClNOP/c1-2-12-29(33)32-28-20-27(31)26(30)19-22(28)21-34(23-13-6-3-7-14-23,24-15-8-4-9-16-24)25-17-10-5-11-18-25/h3-11,13-20H,2,12,21H2,1H3/p+1. The Balaban J connectivity index is 1.96.